The number of rotatable bonds is 9. The Morgan fingerprint density at radius 3 is 1.55 bits per heavy atom. The van der Waals surface area contributed by atoms with Gasteiger partial charge in [0.05, 0.1) is 28.1 Å². The molecule has 0 bridgehead atoms. The molecule has 5 nitrogen and oxygen atoms in total. The highest BCUT2D eigenvalue weighted by atomic mass is 15.0. The van der Waals surface area contributed by atoms with E-state index in [1.807, 2.05) is 54.6 Å². The van der Waals surface area contributed by atoms with Crippen molar-refractivity contribution in [1.29, 1.82) is 5.26 Å². The number of hydrogen-bond acceptors (Lipinski definition) is 4. The molecule has 5 heteroatoms. The van der Waals surface area contributed by atoms with Gasteiger partial charge in [0.2, 0.25) is 0 Å². The first kappa shape index (κ1) is 46.5. The molecule has 0 N–H and O–H groups in total. The van der Waals surface area contributed by atoms with Crippen LogP contribution in [0.15, 0.2) is 285 Å². The molecule has 2 heterocycles. The SMILES string of the molecule is N#Cc1cc(-c2cc(-c3nc(-c4ccccc4)nc(-c4ccc5ccccc5c4)n3)cc(-n3c4cc(-c5ccccc5)ccc4c4cc5c(cc43)C(c3ccccc3)(c3ccccc3)c3ccccc3-5)c2)ccc1-c1ccccc1. The fraction of sp³-hybridized carbons (Fsp3) is 0.0133. The minimum atomic E-state index is -0.627. The largest absolute Gasteiger partial charge is 0.309 e. The molecular formula is C75H47N5. The Morgan fingerprint density at radius 2 is 0.850 bits per heavy atom. The Bertz CT molecular complexity index is 4720. The maximum atomic E-state index is 10.9. The highest BCUT2D eigenvalue weighted by molar-refractivity contribution is 6.13. The number of aromatic nitrogens is 4. The quantitative estimate of drug-likeness (QED) is 0.144. The summed E-state index contributed by atoms with van der Waals surface area (Å²) in [5, 5.41) is 15.4. The summed E-state index contributed by atoms with van der Waals surface area (Å²) in [5.41, 5.74) is 18.8. The summed E-state index contributed by atoms with van der Waals surface area (Å²) in [7, 11) is 0. The van der Waals surface area contributed by atoms with Gasteiger partial charge in [-0.2, -0.15) is 5.26 Å². The number of benzene rings is 12. The molecule has 80 heavy (non-hydrogen) atoms. The number of fused-ring (bicyclic) bond motifs is 7. The highest BCUT2D eigenvalue weighted by Gasteiger charge is 2.46. The van der Waals surface area contributed by atoms with Crippen LogP contribution in [0.2, 0.25) is 0 Å². The second-order valence-electron chi connectivity index (χ2n) is 20.6. The van der Waals surface area contributed by atoms with Gasteiger partial charge in [0.25, 0.3) is 0 Å². The molecule has 0 saturated heterocycles. The first-order valence-electron chi connectivity index (χ1n) is 27.0. The van der Waals surface area contributed by atoms with Crippen molar-refractivity contribution in [2.45, 2.75) is 5.41 Å². The van der Waals surface area contributed by atoms with Gasteiger partial charge < -0.3 is 4.57 Å². The molecule has 1 aliphatic carbocycles. The van der Waals surface area contributed by atoms with Gasteiger partial charge in [0.15, 0.2) is 17.5 Å². The van der Waals surface area contributed by atoms with Gasteiger partial charge in [0.1, 0.15) is 0 Å². The van der Waals surface area contributed by atoms with E-state index in [4.69, 9.17) is 15.0 Å². The summed E-state index contributed by atoms with van der Waals surface area (Å²) in [6, 6.07) is 104. The molecule has 0 unspecified atom stereocenters. The molecule has 12 aromatic carbocycles. The minimum absolute atomic E-state index is 0.528. The van der Waals surface area contributed by atoms with Crippen LogP contribution >= 0.6 is 0 Å². The molecule has 0 spiro atoms. The minimum Gasteiger partial charge on any atom is -0.309 e. The normalized spacial score (nSPS) is 12.3. The number of nitriles is 1. The summed E-state index contributed by atoms with van der Waals surface area (Å²) >= 11 is 0. The van der Waals surface area contributed by atoms with Gasteiger partial charge in [-0.1, -0.05) is 237 Å². The van der Waals surface area contributed by atoms with E-state index in [0.29, 0.717) is 23.0 Å². The van der Waals surface area contributed by atoms with Crippen LogP contribution in [0.5, 0.6) is 0 Å². The van der Waals surface area contributed by atoms with Crippen molar-refractivity contribution in [3.63, 3.8) is 0 Å². The lowest BCUT2D eigenvalue weighted by molar-refractivity contribution is 0.769. The molecule has 0 atom stereocenters. The first-order chi connectivity index (χ1) is 39.6. The average molecular weight is 1020 g/mol. The lowest BCUT2D eigenvalue weighted by Crippen LogP contribution is -2.28. The van der Waals surface area contributed by atoms with E-state index in [9.17, 15) is 5.26 Å². The van der Waals surface area contributed by atoms with Crippen LogP contribution in [-0.2, 0) is 5.41 Å². The van der Waals surface area contributed by atoms with Crippen molar-refractivity contribution >= 4 is 32.6 Å². The van der Waals surface area contributed by atoms with Gasteiger partial charge in [-0.15, -0.1) is 0 Å². The van der Waals surface area contributed by atoms with Crippen molar-refractivity contribution in [3.05, 3.63) is 313 Å². The van der Waals surface area contributed by atoms with Crippen molar-refractivity contribution in [1.82, 2.24) is 19.5 Å². The zero-order valence-electron chi connectivity index (χ0n) is 43.4. The van der Waals surface area contributed by atoms with Crippen molar-refractivity contribution in [2.75, 3.05) is 0 Å². The number of nitrogens with zero attached hydrogens (tertiary/aromatic N) is 5. The molecule has 372 valence electrons. The molecular weight excluding hydrogens is 971 g/mol. The van der Waals surface area contributed by atoms with E-state index < -0.39 is 5.41 Å². The third-order valence-electron chi connectivity index (χ3n) is 16.1. The van der Waals surface area contributed by atoms with E-state index in [-0.39, 0.29) is 0 Å². The Balaban J connectivity index is 1.05. The lowest BCUT2D eigenvalue weighted by atomic mass is 9.67. The van der Waals surface area contributed by atoms with E-state index >= 15 is 0 Å². The zero-order chi connectivity index (χ0) is 53.2. The third kappa shape index (κ3) is 7.65. The maximum Gasteiger partial charge on any atom is 0.164 e. The Labute approximate surface area is 463 Å². The fourth-order valence-electron chi connectivity index (χ4n) is 12.4. The molecule has 2 aromatic heterocycles. The lowest BCUT2D eigenvalue weighted by Gasteiger charge is -2.34. The third-order valence-corrected chi connectivity index (χ3v) is 16.1. The monoisotopic (exact) mass is 1020 g/mol. The van der Waals surface area contributed by atoms with Gasteiger partial charge >= 0.3 is 0 Å². The average Bonchev–Trinajstić information content (AvgIpc) is 4.22. The molecule has 1 aliphatic rings. The van der Waals surface area contributed by atoms with Gasteiger partial charge in [0, 0.05) is 33.2 Å². The zero-order valence-corrected chi connectivity index (χ0v) is 43.4. The molecule has 15 rings (SSSR count). The summed E-state index contributed by atoms with van der Waals surface area (Å²) in [6.45, 7) is 0. The molecule has 0 saturated carbocycles. The second-order valence-corrected chi connectivity index (χ2v) is 20.6. The van der Waals surface area contributed by atoms with Gasteiger partial charge in [-0.05, 0) is 126 Å². The predicted molar refractivity (Wildman–Crippen MR) is 326 cm³/mol. The predicted octanol–water partition coefficient (Wildman–Crippen LogP) is 18.4. The molecule has 0 amide bonds. The topological polar surface area (TPSA) is 67.4 Å². The van der Waals surface area contributed by atoms with Gasteiger partial charge in [-0.25, -0.2) is 15.0 Å². The Morgan fingerprint density at radius 1 is 0.312 bits per heavy atom. The first-order valence-corrected chi connectivity index (χ1v) is 27.0. The van der Waals surface area contributed by atoms with Crippen LogP contribution in [0.1, 0.15) is 27.8 Å². The second kappa shape index (κ2) is 19.0. The fourth-order valence-corrected chi connectivity index (χ4v) is 12.4. The molecule has 0 aliphatic heterocycles. The van der Waals surface area contributed by atoms with Crippen LogP contribution in [0, 0.1) is 11.3 Å². The standard InChI is InChI=1S/C75H47N5/c76-48-59-41-54(36-38-63(59)51-23-8-2-9-24-51)57-42-58(74-78-72(52-25-10-3-11-26-52)77-73(79-74)56-35-34-50-22-16-17-27-53(50)40-56)44-62(43-57)80-70-45-55(49-20-6-1-7-21-49)37-39-65(70)67-46-66-64-32-18-19-33-68(64)75(69(66)47-71(67)80,60-28-12-4-13-29-60)61-30-14-5-15-31-61/h1-47H. The van der Waals surface area contributed by atoms with Crippen LogP contribution in [-0.4, -0.2) is 19.5 Å². The summed E-state index contributed by atoms with van der Waals surface area (Å²) in [5.74, 6) is 1.67. The smallest absolute Gasteiger partial charge is 0.164 e. The summed E-state index contributed by atoms with van der Waals surface area (Å²) < 4.78 is 2.45. The van der Waals surface area contributed by atoms with Crippen molar-refractivity contribution < 1.29 is 0 Å². The molecule has 0 radical (unpaired) electrons. The maximum absolute atomic E-state index is 10.9. The van der Waals surface area contributed by atoms with Crippen LogP contribution in [0.3, 0.4) is 0 Å². The highest BCUT2D eigenvalue weighted by Crippen LogP contribution is 2.57. The van der Waals surface area contributed by atoms with E-state index in [1.54, 1.807) is 0 Å². The van der Waals surface area contributed by atoms with Crippen LogP contribution in [0.4, 0.5) is 0 Å². The van der Waals surface area contributed by atoms with E-state index in [2.05, 4.69) is 241 Å². The summed E-state index contributed by atoms with van der Waals surface area (Å²) in [6.07, 6.45) is 0. The van der Waals surface area contributed by atoms with E-state index in [1.165, 1.54) is 33.4 Å². The summed E-state index contributed by atoms with van der Waals surface area (Å²) in [4.78, 5) is 16.0. The molecule has 14 aromatic rings. The van der Waals surface area contributed by atoms with Crippen molar-refractivity contribution in [3.8, 4) is 90.4 Å². The molecule has 0 fully saturated rings. The van der Waals surface area contributed by atoms with Gasteiger partial charge in [-0.3, -0.25) is 0 Å². The van der Waals surface area contributed by atoms with Crippen LogP contribution < -0.4 is 0 Å². The van der Waals surface area contributed by atoms with E-state index in [0.717, 1.165) is 88.3 Å². The Kier molecular flexibility index (Phi) is 11.1. The Hall–Kier alpha value is -10.8. The van der Waals surface area contributed by atoms with Crippen LogP contribution in [0.25, 0.3) is 117 Å². The number of hydrogen-bond donors (Lipinski definition) is 0. The van der Waals surface area contributed by atoms with Crippen molar-refractivity contribution in [2.24, 2.45) is 0 Å².